The number of anilines is 1. The Kier molecular flexibility index (Phi) is 6.64. The number of methoxy groups -OCH3 is 1. The summed E-state index contributed by atoms with van der Waals surface area (Å²) in [7, 11) is 1.62. The third-order valence-corrected chi connectivity index (χ3v) is 5.10. The molecule has 0 saturated carbocycles. The normalized spacial score (nSPS) is 10.7. The van der Waals surface area contributed by atoms with Gasteiger partial charge in [-0.2, -0.15) is 0 Å². The second-order valence-electron chi connectivity index (χ2n) is 5.35. The Hall–Kier alpha value is -1.91. The molecule has 3 aromatic rings. The Bertz CT molecular complexity index is 869. The minimum Gasteiger partial charge on any atom is -0.377 e. The lowest BCUT2D eigenvalue weighted by Gasteiger charge is -2.10. The molecule has 1 N–H and O–H groups in total. The Balaban J connectivity index is 1.71. The van der Waals surface area contributed by atoms with Crippen molar-refractivity contribution in [3.05, 3.63) is 64.0 Å². The summed E-state index contributed by atoms with van der Waals surface area (Å²) in [6.07, 6.45) is 0. The van der Waals surface area contributed by atoms with Gasteiger partial charge in [0.2, 0.25) is 5.91 Å². The van der Waals surface area contributed by atoms with Crippen LogP contribution in [0.4, 0.5) is 5.69 Å². The molecule has 1 aromatic heterocycles. The first kappa shape index (κ1) is 18.9. The first-order chi connectivity index (χ1) is 12.7. The van der Waals surface area contributed by atoms with Crippen LogP contribution in [0.25, 0.3) is 5.69 Å². The largest absolute Gasteiger partial charge is 0.377 e. The summed E-state index contributed by atoms with van der Waals surface area (Å²) in [5.74, 6) is 0.843. The van der Waals surface area contributed by atoms with Crippen molar-refractivity contribution in [3.63, 3.8) is 0 Å². The number of amides is 1. The maximum atomic E-state index is 12.2. The third-order valence-electron chi connectivity index (χ3n) is 3.45. The molecule has 0 atom stereocenters. The van der Waals surface area contributed by atoms with Crippen molar-refractivity contribution in [1.82, 2.24) is 14.8 Å². The van der Waals surface area contributed by atoms with E-state index in [0.29, 0.717) is 17.6 Å². The highest BCUT2D eigenvalue weighted by atomic mass is 127. The number of rotatable bonds is 7. The van der Waals surface area contributed by atoms with Gasteiger partial charge in [0.05, 0.1) is 5.75 Å². The van der Waals surface area contributed by atoms with Gasteiger partial charge >= 0.3 is 0 Å². The minimum absolute atomic E-state index is 0.0906. The van der Waals surface area contributed by atoms with Gasteiger partial charge in [-0.05, 0) is 59.0 Å². The van der Waals surface area contributed by atoms with E-state index in [9.17, 15) is 4.79 Å². The predicted molar refractivity (Wildman–Crippen MR) is 111 cm³/mol. The van der Waals surface area contributed by atoms with Crippen molar-refractivity contribution in [2.24, 2.45) is 0 Å². The van der Waals surface area contributed by atoms with Gasteiger partial charge in [0.25, 0.3) is 0 Å². The molecular formula is C18H17IN4O2S. The maximum Gasteiger partial charge on any atom is 0.234 e. The Morgan fingerprint density at radius 3 is 2.58 bits per heavy atom. The van der Waals surface area contributed by atoms with Crippen LogP contribution in [0, 0.1) is 3.57 Å². The summed E-state index contributed by atoms with van der Waals surface area (Å²) >= 11 is 3.57. The molecule has 3 rings (SSSR count). The molecule has 0 bridgehead atoms. The summed E-state index contributed by atoms with van der Waals surface area (Å²) in [5, 5.41) is 11.9. The molecule has 2 aromatic carbocycles. The molecule has 0 fully saturated rings. The van der Waals surface area contributed by atoms with Gasteiger partial charge in [0.1, 0.15) is 6.61 Å². The monoisotopic (exact) mass is 480 g/mol. The molecule has 6 nitrogen and oxygen atoms in total. The molecule has 1 amide bonds. The standard InChI is InChI=1S/C18H17IN4O2S/c1-25-11-16-21-22-18(23(16)15-5-3-2-4-6-15)26-12-17(24)20-14-9-7-13(19)8-10-14/h2-10H,11-12H2,1H3,(H,20,24). The number of nitrogens with one attached hydrogen (secondary N) is 1. The van der Waals surface area contributed by atoms with Crippen molar-refractivity contribution in [1.29, 1.82) is 0 Å². The van der Waals surface area contributed by atoms with Crippen LogP contribution in [0.15, 0.2) is 59.8 Å². The van der Waals surface area contributed by atoms with Crippen LogP contribution in [0.5, 0.6) is 0 Å². The number of nitrogens with zero attached hydrogens (tertiary/aromatic N) is 3. The van der Waals surface area contributed by atoms with Gasteiger partial charge in [-0.3, -0.25) is 9.36 Å². The molecule has 8 heteroatoms. The average molecular weight is 480 g/mol. The number of carbonyl (C=O) groups excluding carboxylic acids is 1. The SMILES string of the molecule is COCc1nnc(SCC(=O)Nc2ccc(I)cc2)n1-c1ccccc1. The fourth-order valence-electron chi connectivity index (χ4n) is 2.31. The van der Waals surface area contributed by atoms with Gasteiger partial charge in [0.15, 0.2) is 11.0 Å². The highest BCUT2D eigenvalue weighted by molar-refractivity contribution is 14.1. The highest BCUT2D eigenvalue weighted by Gasteiger charge is 2.15. The van der Waals surface area contributed by atoms with Crippen LogP contribution in [-0.4, -0.2) is 33.5 Å². The van der Waals surface area contributed by atoms with Crippen molar-refractivity contribution < 1.29 is 9.53 Å². The quantitative estimate of drug-likeness (QED) is 0.412. The van der Waals surface area contributed by atoms with Crippen LogP contribution in [-0.2, 0) is 16.1 Å². The van der Waals surface area contributed by atoms with Crippen LogP contribution in [0.1, 0.15) is 5.82 Å². The van der Waals surface area contributed by atoms with E-state index in [4.69, 9.17) is 4.74 Å². The van der Waals surface area contributed by atoms with Gasteiger partial charge in [-0.25, -0.2) is 0 Å². The summed E-state index contributed by atoms with van der Waals surface area (Å²) < 4.78 is 8.24. The number of halogens is 1. The molecule has 26 heavy (non-hydrogen) atoms. The molecule has 0 aliphatic rings. The Morgan fingerprint density at radius 1 is 1.15 bits per heavy atom. The van der Waals surface area contributed by atoms with Crippen molar-refractivity contribution >= 4 is 45.9 Å². The van der Waals surface area contributed by atoms with Crippen molar-refractivity contribution in [2.45, 2.75) is 11.8 Å². The van der Waals surface area contributed by atoms with Gasteiger partial charge in [-0.1, -0.05) is 30.0 Å². The molecule has 0 unspecified atom stereocenters. The third kappa shape index (κ3) is 4.83. The van der Waals surface area contributed by atoms with Crippen LogP contribution in [0.3, 0.4) is 0 Å². The number of carbonyl (C=O) groups is 1. The summed E-state index contributed by atoms with van der Waals surface area (Å²) in [5.41, 5.74) is 1.71. The first-order valence-corrected chi connectivity index (χ1v) is 9.90. The van der Waals surface area contributed by atoms with Crippen LogP contribution in [0.2, 0.25) is 0 Å². The topological polar surface area (TPSA) is 69.0 Å². The van der Waals surface area contributed by atoms with E-state index in [2.05, 4.69) is 38.1 Å². The second kappa shape index (κ2) is 9.15. The number of hydrogen-bond acceptors (Lipinski definition) is 5. The van der Waals surface area contributed by atoms with Gasteiger partial charge in [0, 0.05) is 22.1 Å². The number of thioether (sulfide) groups is 1. The van der Waals surface area contributed by atoms with E-state index in [0.717, 1.165) is 14.9 Å². The van der Waals surface area contributed by atoms with Crippen molar-refractivity contribution in [2.75, 3.05) is 18.2 Å². The number of aromatic nitrogens is 3. The summed E-state index contributed by atoms with van der Waals surface area (Å²) in [4.78, 5) is 12.2. The van der Waals surface area contributed by atoms with E-state index in [-0.39, 0.29) is 11.7 Å². The predicted octanol–water partition coefficient (Wildman–Crippen LogP) is 3.75. The Morgan fingerprint density at radius 2 is 1.88 bits per heavy atom. The lowest BCUT2D eigenvalue weighted by Crippen LogP contribution is -2.14. The van der Waals surface area contributed by atoms with E-state index >= 15 is 0 Å². The number of benzene rings is 2. The van der Waals surface area contributed by atoms with Crippen LogP contribution >= 0.6 is 34.4 Å². The smallest absolute Gasteiger partial charge is 0.234 e. The highest BCUT2D eigenvalue weighted by Crippen LogP contribution is 2.22. The average Bonchev–Trinajstić information content (AvgIpc) is 3.06. The fraction of sp³-hybridized carbons (Fsp3) is 0.167. The molecular weight excluding hydrogens is 463 g/mol. The number of hydrogen-bond donors (Lipinski definition) is 1. The van der Waals surface area contributed by atoms with E-state index in [1.807, 2.05) is 59.2 Å². The first-order valence-electron chi connectivity index (χ1n) is 7.84. The van der Waals surface area contributed by atoms with Gasteiger partial charge in [-0.15, -0.1) is 10.2 Å². The summed E-state index contributed by atoms with van der Waals surface area (Å²) in [6, 6.07) is 17.5. The van der Waals surface area contributed by atoms with Gasteiger partial charge < -0.3 is 10.1 Å². The molecule has 0 saturated heterocycles. The minimum atomic E-state index is -0.0906. The zero-order valence-electron chi connectivity index (χ0n) is 14.1. The molecule has 134 valence electrons. The molecule has 1 heterocycles. The molecule has 0 spiro atoms. The lowest BCUT2D eigenvalue weighted by atomic mass is 10.3. The fourth-order valence-corrected chi connectivity index (χ4v) is 3.44. The van der Waals surface area contributed by atoms with E-state index in [1.165, 1.54) is 11.8 Å². The second-order valence-corrected chi connectivity index (χ2v) is 7.53. The zero-order chi connectivity index (χ0) is 18.4. The van der Waals surface area contributed by atoms with Crippen LogP contribution < -0.4 is 5.32 Å². The zero-order valence-corrected chi connectivity index (χ0v) is 17.0. The lowest BCUT2D eigenvalue weighted by molar-refractivity contribution is -0.113. The number of para-hydroxylation sites is 1. The maximum absolute atomic E-state index is 12.2. The molecule has 0 aliphatic heterocycles. The summed E-state index contributed by atoms with van der Waals surface area (Å²) in [6.45, 7) is 0.345. The number of ether oxygens (including phenoxy) is 1. The van der Waals surface area contributed by atoms with E-state index in [1.54, 1.807) is 7.11 Å². The van der Waals surface area contributed by atoms with E-state index < -0.39 is 0 Å². The molecule has 0 aliphatic carbocycles. The Labute approximate surface area is 169 Å². The van der Waals surface area contributed by atoms with Crippen molar-refractivity contribution in [3.8, 4) is 5.69 Å². The molecule has 0 radical (unpaired) electrons.